The summed E-state index contributed by atoms with van der Waals surface area (Å²) in [6.45, 7) is 9.74. The third-order valence-electron chi connectivity index (χ3n) is 8.22. The summed E-state index contributed by atoms with van der Waals surface area (Å²) in [6, 6.07) is 7.81. The highest BCUT2D eigenvalue weighted by molar-refractivity contribution is 5.97. The Bertz CT molecular complexity index is 1400. The average molecular weight is 547 g/mol. The minimum Gasteiger partial charge on any atom is -0.490 e. The van der Waals surface area contributed by atoms with Crippen molar-refractivity contribution in [1.82, 2.24) is 25.4 Å². The Hall–Kier alpha value is -3.79. The van der Waals surface area contributed by atoms with Crippen molar-refractivity contribution in [2.45, 2.75) is 58.7 Å². The number of amides is 1. The Labute approximate surface area is 233 Å². The highest BCUT2D eigenvalue weighted by Gasteiger charge is 2.54. The van der Waals surface area contributed by atoms with Crippen LogP contribution >= 0.6 is 0 Å². The van der Waals surface area contributed by atoms with Crippen LogP contribution in [0.1, 0.15) is 55.2 Å². The van der Waals surface area contributed by atoms with Gasteiger partial charge in [-0.3, -0.25) is 9.78 Å². The van der Waals surface area contributed by atoms with E-state index in [2.05, 4.69) is 25.4 Å². The number of benzene rings is 1. The highest BCUT2D eigenvalue weighted by Crippen LogP contribution is 2.52. The number of anilines is 1. The molecular formula is C30H35FN6O3. The predicted octanol–water partition coefficient (Wildman–Crippen LogP) is 4.37. The molecule has 0 unspecified atom stereocenters. The normalized spacial score (nSPS) is 17.7. The van der Waals surface area contributed by atoms with Gasteiger partial charge in [-0.1, -0.05) is 0 Å². The molecule has 1 aromatic carbocycles. The van der Waals surface area contributed by atoms with Gasteiger partial charge in [0.1, 0.15) is 29.1 Å². The number of ether oxygens (including phenoxy) is 2. The van der Waals surface area contributed by atoms with Crippen LogP contribution in [0.4, 0.5) is 10.1 Å². The lowest BCUT2D eigenvalue weighted by Crippen LogP contribution is -2.65. The third-order valence-corrected chi connectivity index (χ3v) is 8.22. The Kier molecular flexibility index (Phi) is 7.04. The van der Waals surface area contributed by atoms with E-state index in [9.17, 15) is 9.18 Å². The zero-order valence-electron chi connectivity index (χ0n) is 23.2. The van der Waals surface area contributed by atoms with Gasteiger partial charge < -0.3 is 24.6 Å². The standard InChI is InChI=1S/C30H35FN6O3/c1-4-37(19(2)3)29(38)22-13-20(31)5-6-26(22)40-28-25(8-12-34-35-28)36-17-30(18-36)14-21(15-30)39-27-9-11-33-24-7-10-32-16-23(24)27/h5-6,8-9,11-13,19,21,32H,4,7,10,14-18H2,1-3H3. The maximum Gasteiger partial charge on any atom is 0.262 e. The van der Waals surface area contributed by atoms with E-state index in [0.29, 0.717) is 12.4 Å². The zero-order valence-corrected chi connectivity index (χ0v) is 23.2. The van der Waals surface area contributed by atoms with Crippen LogP contribution in [-0.2, 0) is 13.0 Å². The van der Waals surface area contributed by atoms with Crippen LogP contribution in [-0.4, -0.2) is 64.3 Å². The number of fused-ring (bicyclic) bond motifs is 1. The van der Waals surface area contributed by atoms with E-state index >= 15 is 0 Å². The number of carbonyl (C=O) groups excluding carboxylic acids is 1. The molecule has 9 nitrogen and oxygen atoms in total. The quantitative estimate of drug-likeness (QED) is 0.446. The van der Waals surface area contributed by atoms with Gasteiger partial charge in [0.25, 0.3) is 11.8 Å². The van der Waals surface area contributed by atoms with Crippen LogP contribution in [0.15, 0.2) is 42.7 Å². The van der Waals surface area contributed by atoms with Crippen molar-refractivity contribution in [3.8, 4) is 17.4 Å². The largest absolute Gasteiger partial charge is 0.490 e. The van der Waals surface area contributed by atoms with E-state index in [1.807, 2.05) is 39.1 Å². The fourth-order valence-corrected chi connectivity index (χ4v) is 6.20. The first-order valence-corrected chi connectivity index (χ1v) is 14.0. The van der Waals surface area contributed by atoms with Gasteiger partial charge in [-0.05, 0) is 63.9 Å². The number of nitrogens with one attached hydrogen (secondary N) is 1. The van der Waals surface area contributed by atoms with Gasteiger partial charge in [0.2, 0.25) is 0 Å². The van der Waals surface area contributed by atoms with Gasteiger partial charge in [0.15, 0.2) is 0 Å². The molecule has 2 fully saturated rings. The molecule has 4 heterocycles. The summed E-state index contributed by atoms with van der Waals surface area (Å²) < 4.78 is 26.7. The molecule has 3 aromatic rings. The number of hydrogen-bond donors (Lipinski definition) is 1. The van der Waals surface area contributed by atoms with E-state index in [1.54, 1.807) is 11.1 Å². The summed E-state index contributed by atoms with van der Waals surface area (Å²) >= 11 is 0. The van der Waals surface area contributed by atoms with Crippen LogP contribution in [0.3, 0.4) is 0 Å². The summed E-state index contributed by atoms with van der Waals surface area (Å²) in [5.74, 6) is 0.728. The summed E-state index contributed by atoms with van der Waals surface area (Å²) in [5, 5.41) is 11.7. The smallest absolute Gasteiger partial charge is 0.262 e. The fraction of sp³-hybridized carbons (Fsp3) is 0.467. The number of hydrogen-bond acceptors (Lipinski definition) is 8. The molecule has 0 bridgehead atoms. The Balaban J connectivity index is 1.13. The van der Waals surface area contributed by atoms with Crippen molar-refractivity contribution in [2.24, 2.45) is 5.41 Å². The lowest BCUT2D eigenvalue weighted by molar-refractivity contribution is -0.0347. The van der Waals surface area contributed by atoms with Gasteiger partial charge in [-0.2, -0.15) is 5.10 Å². The Morgan fingerprint density at radius 2 is 2.02 bits per heavy atom. The second-order valence-electron chi connectivity index (χ2n) is 11.3. The van der Waals surface area contributed by atoms with E-state index < -0.39 is 5.82 Å². The molecule has 1 aliphatic carbocycles. The molecule has 40 heavy (non-hydrogen) atoms. The lowest BCUT2D eigenvalue weighted by atomic mass is 9.61. The molecule has 2 aromatic heterocycles. The molecule has 0 atom stereocenters. The van der Waals surface area contributed by atoms with Crippen LogP contribution in [0, 0.1) is 11.2 Å². The molecule has 1 saturated heterocycles. The zero-order chi connectivity index (χ0) is 27.9. The SMILES string of the molecule is CCN(C(=O)c1cc(F)ccc1Oc1nnccc1N1CC2(CC(Oc3ccnc4c3CNCC4)C2)C1)C(C)C. The molecule has 1 spiro atoms. The first-order chi connectivity index (χ1) is 19.4. The van der Waals surface area contributed by atoms with E-state index in [4.69, 9.17) is 9.47 Å². The first-order valence-electron chi connectivity index (χ1n) is 14.0. The first kappa shape index (κ1) is 26.4. The molecule has 10 heteroatoms. The summed E-state index contributed by atoms with van der Waals surface area (Å²) in [5.41, 5.74) is 3.49. The predicted molar refractivity (Wildman–Crippen MR) is 148 cm³/mol. The molecule has 3 aliphatic rings. The molecule has 0 radical (unpaired) electrons. The number of carbonyl (C=O) groups is 1. The van der Waals surface area contributed by atoms with Crippen LogP contribution in [0.2, 0.25) is 0 Å². The minimum atomic E-state index is -0.496. The molecule has 210 valence electrons. The Morgan fingerprint density at radius 3 is 2.80 bits per heavy atom. The second kappa shape index (κ2) is 10.6. The van der Waals surface area contributed by atoms with Crippen molar-refractivity contribution < 1.29 is 18.7 Å². The highest BCUT2D eigenvalue weighted by atomic mass is 19.1. The fourth-order valence-electron chi connectivity index (χ4n) is 6.20. The van der Waals surface area contributed by atoms with Gasteiger partial charge in [-0.15, -0.1) is 5.10 Å². The monoisotopic (exact) mass is 546 g/mol. The van der Waals surface area contributed by atoms with Crippen molar-refractivity contribution >= 4 is 11.6 Å². The number of halogens is 1. The van der Waals surface area contributed by atoms with Crippen LogP contribution in [0.5, 0.6) is 17.4 Å². The number of rotatable bonds is 8. The van der Waals surface area contributed by atoms with Gasteiger partial charge >= 0.3 is 0 Å². The summed E-state index contributed by atoms with van der Waals surface area (Å²) in [6.07, 6.45) is 6.58. The van der Waals surface area contributed by atoms with E-state index in [1.165, 1.54) is 23.8 Å². The van der Waals surface area contributed by atoms with Gasteiger partial charge in [0, 0.05) is 68.1 Å². The molecule has 1 amide bonds. The number of pyridine rings is 1. The number of aromatic nitrogens is 3. The van der Waals surface area contributed by atoms with E-state index in [-0.39, 0.29) is 34.8 Å². The molecule has 6 rings (SSSR count). The van der Waals surface area contributed by atoms with Crippen LogP contribution in [0.25, 0.3) is 0 Å². The maximum atomic E-state index is 14.2. The molecule has 2 aliphatic heterocycles. The number of nitrogens with zero attached hydrogens (tertiary/aromatic N) is 5. The van der Waals surface area contributed by atoms with Gasteiger partial charge in [-0.25, -0.2) is 4.39 Å². The van der Waals surface area contributed by atoms with E-state index in [0.717, 1.165) is 62.6 Å². The van der Waals surface area contributed by atoms with Crippen molar-refractivity contribution in [2.75, 3.05) is 31.1 Å². The molecule has 1 saturated carbocycles. The van der Waals surface area contributed by atoms with Crippen molar-refractivity contribution in [3.05, 3.63) is 65.4 Å². The lowest BCUT2D eigenvalue weighted by Gasteiger charge is -2.59. The van der Waals surface area contributed by atoms with Gasteiger partial charge in [0.05, 0.1) is 11.8 Å². The topological polar surface area (TPSA) is 92.7 Å². The average Bonchev–Trinajstić information content (AvgIpc) is 2.91. The molecular weight excluding hydrogens is 511 g/mol. The molecule has 1 N–H and O–H groups in total. The van der Waals surface area contributed by atoms with Crippen molar-refractivity contribution in [1.29, 1.82) is 0 Å². The summed E-state index contributed by atoms with van der Waals surface area (Å²) in [4.78, 5) is 21.7. The maximum absolute atomic E-state index is 14.2. The minimum absolute atomic E-state index is 0.0334. The summed E-state index contributed by atoms with van der Waals surface area (Å²) in [7, 11) is 0. The Morgan fingerprint density at radius 1 is 1.20 bits per heavy atom. The third kappa shape index (κ3) is 4.96. The second-order valence-corrected chi connectivity index (χ2v) is 11.3. The van der Waals surface area contributed by atoms with Crippen molar-refractivity contribution in [3.63, 3.8) is 0 Å². The van der Waals surface area contributed by atoms with Crippen LogP contribution < -0.4 is 19.7 Å².